The molecule has 0 unspecified atom stereocenters. The summed E-state index contributed by atoms with van der Waals surface area (Å²) in [6.45, 7) is -31.7. The van der Waals surface area contributed by atoms with Gasteiger partial charge in [-0.2, -0.15) is 0 Å². The molecule has 0 saturated heterocycles. The fraction of sp³-hybridized carbons (Fsp3) is 0.600. The minimum absolute atomic E-state index is 0.404. The molecule has 0 heterocycles. The summed E-state index contributed by atoms with van der Waals surface area (Å²) in [5.41, 5.74) is 0.404. The monoisotopic (exact) mass is 300 g/mol. The van der Waals surface area contributed by atoms with Crippen LogP contribution in [0.15, 0.2) is 30.3 Å². The molecule has 0 aliphatic heterocycles. The molecule has 0 fully saturated rings. The second-order valence-corrected chi connectivity index (χ2v) is 2.91. The largest absolute Gasteiger partial charge is 0.394 e. The maximum absolute atomic E-state index is 9.12. The summed E-state index contributed by atoms with van der Waals surface area (Å²) in [5.74, 6) is 0. The van der Waals surface area contributed by atoms with Crippen LogP contribution >= 0.6 is 0 Å². The van der Waals surface area contributed by atoms with E-state index in [9.17, 15) is 0 Å². The molecule has 0 amide bonds. The van der Waals surface area contributed by atoms with Crippen LogP contribution in [0.2, 0.25) is 0 Å². The van der Waals surface area contributed by atoms with E-state index in [4.69, 9.17) is 31.8 Å². The van der Waals surface area contributed by atoms with E-state index in [-0.39, 0.29) is 0 Å². The van der Waals surface area contributed by atoms with Crippen molar-refractivity contribution in [3.8, 4) is 0 Å². The van der Waals surface area contributed by atoms with Gasteiger partial charge >= 0.3 is 0 Å². The summed E-state index contributed by atoms with van der Waals surface area (Å²) in [5, 5.41) is 9.12. The quantitative estimate of drug-likeness (QED) is 0.594. The summed E-state index contributed by atoms with van der Waals surface area (Å²) in [6.07, 6.45) is 0. The van der Waals surface area contributed by atoms with Crippen LogP contribution in [-0.2, 0) is 25.6 Å². The molecule has 0 aromatic heterocycles. The van der Waals surface area contributed by atoms with Gasteiger partial charge in [-0.05, 0) is 5.56 Å². The van der Waals surface area contributed by atoms with E-state index in [1.165, 1.54) is 12.1 Å². The van der Waals surface area contributed by atoms with Gasteiger partial charge in [0.25, 0.3) is 0 Å². The molecule has 0 bridgehead atoms. The van der Waals surface area contributed by atoms with Crippen molar-refractivity contribution in [2.24, 2.45) is 0 Å². The van der Waals surface area contributed by atoms with Crippen LogP contribution in [0.3, 0.4) is 0 Å². The molecule has 0 aliphatic carbocycles. The molecule has 0 saturated carbocycles. The van der Waals surface area contributed by atoms with Crippen molar-refractivity contribution < 1.29 is 46.0 Å². The van der Waals surface area contributed by atoms with Gasteiger partial charge in [0.05, 0.1) is 81.0 Å². The highest BCUT2D eigenvalue weighted by atomic mass is 16.6. The first-order valence-corrected chi connectivity index (χ1v) is 5.21. The summed E-state index contributed by atoms with van der Waals surface area (Å²) >= 11 is 0. The van der Waals surface area contributed by atoms with Gasteiger partial charge in [0.2, 0.25) is 0 Å². The van der Waals surface area contributed by atoms with E-state index in [0.29, 0.717) is 5.56 Å². The molecule has 114 valence electrons. The van der Waals surface area contributed by atoms with Gasteiger partial charge in [-0.15, -0.1) is 0 Å². The smallest absolute Gasteiger partial charge is 0.0718 e. The third-order valence-corrected chi connectivity index (χ3v) is 1.63. The Bertz CT molecular complexity index is 870. The van der Waals surface area contributed by atoms with Gasteiger partial charge in [0.1, 0.15) is 0 Å². The molecular weight excluding hydrogens is 260 g/mol. The third kappa shape index (κ3) is 9.89. The van der Waals surface area contributed by atoms with Crippen LogP contribution in [0, 0.1) is 0 Å². The summed E-state index contributed by atoms with van der Waals surface area (Å²) in [7, 11) is 0. The van der Waals surface area contributed by atoms with Crippen molar-refractivity contribution >= 4 is 0 Å². The Balaban J connectivity index is 3.09. The molecule has 0 spiro atoms. The van der Waals surface area contributed by atoms with Gasteiger partial charge < -0.3 is 24.1 Å². The van der Waals surface area contributed by atoms with E-state index in [2.05, 4.69) is 14.2 Å². The van der Waals surface area contributed by atoms with E-state index in [1.807, 2.05) is 0 Å². The lowest BCUT2D eigenvalue weighted by atomic mass is 10.2. The zero-order valence-corrected chi connectivity index (χ0v) is 10.2. The second-order valence-electron chi connectivity index (χ2n) is 2.91. The van der Waals surface area contributed by atoms with E-state index >= 15 is 0 Å². The minimum atomic E-state index is -4.11. The number of hydrogen-bond acceptors (Lipinski definition) is 5. The molecule has 5 heteroatoms. The third-order valence-electron chi connectivity index (χ3n) is 1.63. The van der Waals surface area contributed by atoms with Crippen molar-refractivity contribution in [3.05, 3.63) is 35.9 Å². The van der Waals surface area contributed by atoms with Gasteiger partial charge in [0.15, 0.2) is 0 Å². The van der Waals surface area contributed by atoms with Crippen LogP contribution in [0.5, 0.6) is 0 Å². The van der Waals surface area contributed by atoms with E-state index < -0.39 is 59.1 Å². The molecule has 0 aliphatic rings. The molecule has 1 aromatic rings. The predicted molar refractivity (Wildman–Crippen MR) is 75.6 cm³/mol. The van der Waals surface area contributed by atoms with Crippen molar-refractivity contribution in [3.63, 3.8) is 0 Å². The van der Waals surface area contributed by atoms with Crippen molar-refractivity contribution in [2.45, 2.75) is 6.61 Å². The van der Waals surface area contributed by atoms with E-state index in [1.54, 1.807) is 18.2 Å². The van der Waals surface area contributed by atoms with Crippen LogP contribution in [0.25, 0.3) is 0 Å². The number of aliphatic hydroxyl groups is 1. The summed E-state index contributed by atoms with van der Waals surface area (Å²) in [6, 6.07) is 7.85. The van der Waals surface area contributed by atoms with Crippen LogP contribution in [0.1, 0.15) is 27.5 Å². The fourth-order valence-corrected chi connectivity index (χ4v) is 0.927. The second kappa shape index (κ2) is 13.0. The standard InChI is InChI=1S/C15H24O5/c16-6-7-17-8-9-18-10-11-19-12-13-20-14-15-4-2-1-3-5-15/h1-5,16H,6-14H2/i6D2,7D2,8D2,9D2,10D2,11D2,12D2,13D2. The van der Waals surface area contributed by atoms with Crippen LogP contribution in [-0.4, -0.2) is 57.6 Å². The Morgan fingerprint density at radius 2 is 1.25 bits per heavy atom. The van der Waals surface area contributed by atoms with Gasteiger partial charge in [-0.3, -0.25) is 0 Å². The Morgan fingerprint density at radius 1 is 0.750 bits per heavy atom. The van der Waals surface area contributed by atoms with Crippen molar-refractivity contribution in [2.75, 3.05) is 52.5 Å². The number of hydrogen-bond donors (Lipinski definition) is 1. The minimum Gasteiger partial charge on any atom is -0.394 e. The molecule has 1 rings (SSSR count). The maximum Gasteiger partial charge on any atom is 0.0718 e. The molecule has 0 radical (unpaired) electrons. The predicted octanol–water partition coefficient (Wildman–Crippen LogP) is 1.25. The molecule has 20 heavy (non-hydrogen) atoms. The Morgan fingerprint density at radius 3 is 1.80 bits per heavy atom. The average molecular weight is 300 g/mol. The van der Waals surface area contributed by atoms with Gasteiger partial charge in [-0.1, -0.05) is 30.3 Å². The van der Waals surface area contributed by atoms with Gasteiger partial charge in [-0.25, -0.2) is 0 Å². The van der Waals surface area contributed by atoms with E-state index in [0.717, 1.165) is 0 Å². The highest BCUT2D eigenvalue weighted by molar-refractivity contribution is 5.13. The van der Waals surface area contributed by atoms with Gasteiger partial charge in [0, 0.05) is 0 Å². The first kappa shape index (κ1) is 5.04. The molecule has 1 N–H and O–H groups in total. The first-order valence-electron chi connectivity index (χ1n) is 13.2. The lowest BCUT2D eigenvalue weighted by Gasteiger charge is -2.07. The fourth-order valence-electron chi connectivity index (χ4n) is 0.927. The lowest BCUT2D eigenvalue weighted by Crippen LogP contribution is -2.12. The average Bonchev–Trinajstić information content (AvgIpc) is 2.63. The molecule has 1 aromatic carbocycles. The summed E-state index contributed by atoms with van der Waals surface area (Å²) in [4.78, 5) is 0. The zero-order valence-electron chi connectivity index (χ0n) is 26.2. The molecular formula is C15H24O5. The highest BCUT2D eigenvalue weighted by Crippen LogP contribution is 1.99. The Labute approximate surface area is 142 Å². The number of benzene rings is 1. The molecule has 0 atom stereocenters. The first-order chi connectivity index (χ1) is 15.7. The maximum atomic E-state index is 9.12. The zero-order chi connectivity index (χ0) is 28.6. The highest BCUT2D eigenvalue weighted by Gasteiger charge is 1.93. The normalized spacial score (nSPS) is 28.4. The van der Waals surface area contributed by atoms with Crippen LogP contribution < -0.4 is 0 Å². The molecule has 5 nitrogen and oxygen atoms in total. The van der Waals surface area contributed by atoms with Crippen molar-refractivity contribution in [1.82, 2.24) is 0 Å². The summed E-state index contributed by atoms with van der Waals surface area (Å²) < 4.78 is 137. The Hall–Kier alpha value is -0.980. The Kier molecular flexibility index (Phi) is 3.28. The number of ether oxygens (including phenoxy) is 4. The SMILES string of the molecule is [2H]C([2H])(O)C([2H])([2H])OC([2H])([2H])C([2H])([2H])OC([2H])([2H])C([2H])([2H])OC([2H])([2H])C([2H])([2H])OCc1ccccc1. The topological polar surface area (TPSA) is 57.2 Å². The van der Waals surface area contributed by atoms with Crippen molar-refractivity contribution in [1.29, 1.82) is 0 Å². The lowest BCUT2D eigenvalue weighted by molar-refractivity contribution is -0.00743. The number of rotatable bonds is 13. The van der Waals surface area contributed by atoms with Crippen LogP contribution in [0.4, 0.5) is 0 Å².